The largest absolute Gasteiger partial charge is 0.356 e. The Labute approximate surface area is 216 Å². The van der Waals surface area contributed by atoms with Crippen molar-refractivity contribution >= 4 is 23.5 Å². The highest BCUT2D eigenvalue weighted by molar-refractivity contribution is 6.13. The minimum Gasteiger partial charge on any atom is -0.356 e. The van der Waals surface area contributed by atoms with Crippen LogP contribution in [0.5, 0.6) is 0 Å². The van der Waals surface area contributed by atoms with Gasteiger partial charge in [-0.05, 0) is 49.2 Å². The van der Waals surface area contributed by atoms with Crippen molar-refractivity contribution in [3.63, 3.8) is 0 Å². The van der Waals surface area contributed by atoms with Crippen molar-refractivity contribution in [3.05, 3.63) is 89.8 Å². The molecule has 1 aromatic rings. The third kappa shape index (κ3) is 6.20. The highest BCUT2D eigenvalue weighted by atomic mass is 16.1. The van der Waals surface area contributed by atoms with Gasteiger partial charge in [0.05, 0.1) is 0 Å². The van der Waals surface area contributed by atoms with Crippen LogP contribution in [-0.2, 0) is 9.59 Å². The zero-order valence-electron chi connectivity index (χ0n) is 21.5. The predicted octanol–water partition coefficient (Wildman–Crippen LogP) is 5.74. The molecule has 1 saturated carbocycles. The van der Waals surface area contributed by atoms with E-state index in [1.165, 1.54) is 11.1 Å². The number of allylic oxidation sites excluding steroid dienone is 5. The molecule has 0 radical (unpaired) electrons. The minimum absolute atomic E-state index is 0. The Morgan fingerprint density at radius 3 is 2.78 bits per heavy atom. The van der Waals surface area contributed by atoms with Crippen LogP contribution >= 0.6 is 0 Å². The standard InChI is InChI=1S/C31H37N3O2.H2/c1-4-11-30(35)24(5-2)20-32-22(3)34-17-10-9-12-23(21-34)19-33-31(36)27-16-15-26(28-18-29(27)28)25-13-7-6-8-14-25;/h5-9,12-16,20,23,28-29H,3-4,10-11,17-19,21H2,1-2H3,(H,33,36);1H/b24-5+,32-20-;. The highest BCUT2D eigenvalue weighted by Crippen LogP contribution is 2.54. The van der Waals surface area contributed by atoms with Crippen LogP contribution in [0.25, 0.3) is 5.57 Å². The second kappa shape index (κ2) is 12.0. The summed E-state index contributed by atoms with van der Waals surface area (Å²) < 4.78 is 0. The molecule has 0 saturated heterocycles. The molecule has 0 aromatic heterocycles. The van der Waals surface area contributed by atoms with Gasteiger partial charge in [0.1, 0.15) is 5.82 Å². The molecule has 5 nitrogen and oxygen atoms in total. The lowest BCUT2D eigenvalue weighted by Gasteiger charge is -2.26. The Bertz CT molecular complexity index is 1150. The van der Waals surface area contributed by atoms with Crippen LogP contribution in [0.2, 0.25) is 0 Å². The topological polar surface area (TPSA) is 61.8 Å². The van der Waals surface area contributed by atoms with E-state index in [4.69, 9.17) is 0 Å². The van der Waals surface area contributed by atoms with Crippen LogP contribution in [0.1, 0.15) is 46.5 Å². The van der Waals surface area contributed by atoms with Crippen molar-refractivity contribution in [1.82, 2.24) is 10.2 Å². The molecule has 3 aliphatic rings. The molecule has 1 fully saturated rings. The van der Waals surface area contributed by atoms with Gasteiger partial charge >= 0.3 is 0 Å². The third-order valence-corrected chi connectivity index (χ3v) is 7.18. The molecule has 3 unspecified atom stereocenters. The van der Waals surface area contributed by atoms with Crippen molar-refractivity contribution in [1.29, 1.82) is 0 Å². The first-order valence-corrected chi connectivity index (χ1v) is 13.1. The molecular formula is C31H39N3O2. The van der Waals surface area contributed by atoms with E-state index < -0.39 is 0 Å². The van der Waals surface area contributed by atoms with E-state index in [0.29, 0.717) is 36.2 Å². The van der Waals surface area contributed by atoms with E-state index in [9.17, 15) is 9.59 Å². The van der Waals surface area contributed by atoms with E-state index >= 15 is 0 Å². The van der Waals surface area contributed by atoms with Gasteiger partial charge in [-0.1, -0.05) is 74.2 Å². The summed E-state index contributed by atoms with van der Waals surface area (Å²) in [6, 6.07) is 10.4. The Hall–Kier alpha value is -3.47. The van der Waals surface area contributed by atoms with Gasteiger partial charge in [-0.3, -0.25) is 9.59 Å². The maximum absolute atomic E-state index is 13.0. The second-order valence-corrected chi connectivity index (χ2v) is 9.78. The van der Waals surface area contributed by atoms with Crippen molar-refractivity contribution in [2.75, 3.05) is 19.6 Å². The number of nitrogens with one attached hydrogen (secondary N) is 1. The van der Waals surface area contributed by atoms with Crippen LogP contribution in [0.4, 0.5) is 0 Å². The number of benzene rings is 1. The number of ketones is 1. The zero-order valence-corrected chi connectivity index (χ0v) is 21.5. The van der Waals surface area contributed by atoms with Gasteiger partial charge in [-0.25, -0.2) is 4.99 Å². The predicted molar refractivity (Wildman–Crippen MR) is 149 cm³/mol. The molecule has 3 atom stereocenters. The number of carbonyl (C=O) groups excluding carboxylic acids is 2. The first-order valence-electron chi connectivity index (χ1n) is 13.1. The molecule has 1 aliphatic heterocycles. The number of amides is 1. The molecule has 36 heavy (non-hydrogen) atoms. The number of hydrogen-bond acceptors (Lipinski definition) is 4. The first kappa shape index (κ1) is 25.6. The van der Waals surface area contributed by atoms with Crippen molar-refractivity contribution < 1.29 is 11.0 Å². The summed E-state index contributed by atoms with van der Waals surface area (Å²) >= 11 is 0. The SMILES string of the molecule is C=C(/N=C\C(=C/C)C(=O)CCC)N1CCC=CC(CNC(=O)C2=CC=C(c3ccccc3)C3CC23)C1.[HH]. The minimum atomic E-state index is 0. The summed E-state index contributed by atoms with van der Waals surface area (Å²) in [4.78, 5) is 31.9. The summed E-state index contributed by atoms with van der Waals surface area (Å²) in [6.07, 6.45) is 15.2. The number of nitrogens with zero attached hydrogens (tertiary/aromatic N) is 2. The van der Waals surface area contributed by atoms with Crippen molar-refractivity contribution in [2.24, 2.45) is 22.7 Å². The number of hydrogen-bond donors (Lipinski definition) is 1. The normalized spacial score (nSPS) is 23.4. The Kier molecular flexibility index (Phi) is 8.52. The Morgan fingerprint density at radius 2 is 2.03 bits per heavy atom. The van der Waals surface area contributed by atoms with Gasteiger partial charge < -0.3 is 10.2 Å². The van der Waals surface area contributed by atoms with E-state index in [0.717, 1.165) is 37.9 Å². The molecule has 4 rings (SSSR count). The highest BCUT2D eigenvalue weighted by Gasteiger charge is 2.46. The molecule has 0 spiro atoms. The lowest BCUT2D eigenvalue weighted by Crippen LogP contribution is -2.36. The van der Waals surface area contributed by atoms with Crippen LogP contribution in [0, 0.1) is 17.8 Å². The summed E-state index contributed by atoms with van der Waals surface area (Å²) in [5.41, 5.74) is 4.12. The number of carbonyl (C=O) groups is 2. The van der Waals surface area contributed by atoms with Crippen molar-refractivity contribution in [3.8, 4) is 0 Å². The van der Waals surface area contributed by atoms with Crippen LogP contribution < -0.4 is 5.32 Å². The average molecular weight is 486 g/mol. The number of aliphatic imine (C=N–C) groups is 1. The summed E-state index contributed by atoms with van der Waals surface area (Å²) in [7, 11) is 0. The van der Waals surface area contributed by atoms with E-state index in [1.54, 1.807) is 12.3 Å². The van der Waals surface area contributed by atoms with Gasteiger partial charge in [0.25, 0.3) is 0 Å². The van der Waals surface area contributed by atoms with Crippen LogP contribution in [0.15, 0.2) is 89.3 Å². The fourth-order valence-corrected chi connectivity index (χ4v) is 5.05. The van der Waals surface area contributed by atoms with E-state index in [1.807, 2.05) is 26.0 Å². The van der Waals surface area contributed by atoms with Gasteiger partial charge in [-0.15, -0.1) is 0 Å². The molecule has 5 heteroatoms. The van der Waals surface area contributed by atoms with Gasteiger partial charge in [0.15, 0.2) is 5.78 Å². The third-order valence-electron chi connectivity index (χ3n) is 7.18. The van der Waals surface area contributed by atoms with Crippen LogP contribution in [-0.4, -0.2) is 42.4 Å². The maximum atomic E-state index is 13.0. The lowest BCUT2D eigenvalue weighted by molar-refractivity contribution is -0.118. The fraction of sp³-hybridized carbons (Fsp3) is 0.387. The van der Waals surface area contributed by atoms with Crippen molar-refractivity contribution in [2.45, 2.75) is 39.5 Å². The maximum Gasteiger partial charge on any atom is 0.247 e. The second-order valence-electron chi connectivity index (χ2n) is 9.78. The summed E-state index contributed by atoms with van der Waals surface area (Å²) in [5, 5.41) is 3.17. The Morgan fingerprint density at radius 1 is 1.22 bits per heavy atom. The molecule has 1 aromatic carbocycles. The molecule has 2 aliphatic carbocycles. The molecule has 1 heterocycles. The average Bonchev–Trinajstić information content (AvgIpc) is 3.72. The fourth-order valence-electron chi connectivity index (χ4n) is 5.05. The lowest BCUT2D eigenvalue weighted by atomic mass is 9.93. The number of fused-ring (bicyclic) bond motifs is 1. The van der Waals surface area contributed by atoms with Gasteiger partial charge in [0, 0.05) is 50.8 Å². The van der Waals surface area contributed by atoms with Gasteiger partial charge in [-0.2, -0.15) is 0 Å². The van der Waals surface area contributed by atoms with Gasteiger partial charge in [0.2, 0.25) is 5.91 Å². The smallest absolute Gasteiger partial charge is 0.247 e. The quantitative estimate of drug-likeness (QED) is 0.261. The first-order chi connectivity index (χ1) is 17.5. The zero-order chi connectivity index (χ0) is 25.5. The molecule has 190 valence electrons. The molecular weight excluding hydrogens is 446 g/mol. The summed E-state index contributed by atoms with van der Waals surface area (Å²) in [6.45, 7) is 10.1. The number of Topliss-reactive ketones (excluding diaryl/α,β-unsaturated/α-hetero) is 1. The molecule has 1 amide bonds. The van der Waals surface area contributed by atoms with E-state index in [2.05, 4.69) is 64.3 Å². The molecule has 1 N–H and O–H groups in total. The number of rotatable bonds is 10. The molecule has 0 bridgehead atoms. The monoisotopic (exact) mass is 485 g/mol. The van der Waals surface area contributed by atoms with Crippen LogP contribution in [0.3, 0.4) is 0 Å². The summed E-state index contributed by atoms with van der Waals surface area (Å²) in [5.74, 6) is 1.75. The Balaban J connectivity index is 0.00000380. The van der Waals surface area contributed by atoms with E-state index in [-0.39, 0.29) is 19.0 Å².